The van der Waals surface area contributed by atoms with Crippen molar-refractivity contribution in [1.82, 2.24) is 9.78 Å². The molecule has 0 N–H and O–H groups in total. The van der Waals surface area contributed by atoms with E-state index in [1.165, 1.54) is 6.42 Å². The molecule has 1 saturated heterocycles. The quantitative estimate of drug-likeness (QED) is 0.853. The standard InChI is InChI=1S/C11H17BrN2O2/c1-14-10(9(12)8-13-14)5-7-16-11-4-2-3-6-15-11/h8,11H,2-7H2,1H3. The van der Waals surface area contributed by atoms with Crippen molar-refractivity contribution in [1.29, 1.82) is 0 Å². The summed E-state index contributed by atoms with van der Waals surface area (Å²) in [5, 5.41) is 4.16. The summed E-state index contributed by atoms with van der Waals surface area (Å²) in [6.07, 6.45) is 6.06. The molecule has 1 aromatic rings. The molecule has 1 aromatic heterocycles. The summed E-state index contributed by atoms with van der Waals surface area (Å²) in [6.45, 7) is 1.52. The van der Waals surface area contributed by atoms with Gasteiger partial charge in [-0.2, -0.15) is 5.10 Å². The second-order valence-corrected chi connectivity index (χ2v) is 4.83. The second-order valence-electron chi connectivity index (χ2n) is 3.98. The van der Waals surface area contributed by atoms with E-state index in [4.69, 9.17) is 9.47 Å². The molecule has 1 fully saturated rings. The lowest BCUT2D eigenvalue weighted by molar-refractivity contribution is -0.161. The van der Waals surface area contributed by atoms with Gasteiger partial charge in [-0.25, -0.2) is 0 Å². The smallest absolute Gasteiger partial charge is 0.157 e. The molecule has 2 heterocycles. The monoisotopic (exact) mass is 288 g/mol. The molecule has 0 spiro atoms. The van der Waals surface area contributed by atoms with Gasteiger partial charge in [0.05, 0.1) is 23.0 Å². The highest BCUT2D eigenvalue weighted by Crippen LogP contribution is 2.17. The van der Waals surface area contributed by atoms with Crippen LogP contribution in [0.2, 0.25) is 0 Å². The molecule has 0 bridgehead atoms. The molecule has 4 nitrogen and oxygen atoms in total. The molecule has 5 heteroatoms. The largest absolute Gasteiger partial charge is 0.353 e. The van der Waals surface area contributed by atoms with Crippen LogP contribution in [0.4, 0.5) is 0 Å². The number of nitrogens with zero attached hydrogens (tertiary/aromatic N) is 2. The molecule has 0 aromatic carbocycles. The van der Waals surface area contributed by atoms with Crippen LogP contribution >= 0.6 is 15.9 Å². The molecular weight excluding hydrogens is 272 g/mol. The number of aromatic nitrogens is 2. The fourth-order valence-corrected chi connectivity index (χ4v) is 2.39. The van der Waals surface area contributed by atoms with E-state index >= 15 is 0 Å². The van der Waals surface area contributed by atoms with Crippen molar-refractivity contribution in [2.24, 2.45) is 7.05 Å². The number of hydrogen-bond donors (Lipinski definition) is 0. The van der Waals surface area contributed by atoms with Crippen LogP contribution in [0.1, 0.15) is 25.0 Å². The van der Waals surface area contributed by atoms with E-state index in [-0.39, 0.29) is 6.29 Å². The zero-order valence-corrected chi connectivity index (χ0v) is 11.1. The Morgan fingerprint density at radius 1 is 1.62 bits per heavy atom. The summed E-state index contributed by atoms with van der Waals surface area (Å²) in [6, 6.07) is 0. The topological polar surface area (TPSA) is 36.3 Å². The van der Waals surface area contributed by atoms with Gasteiger partial charge < -0.3 is 9.47 Å². The SMILES string of the molecule is Cn1ncc(Br)c1CCOC1CCCCO1. The summed E-state index contributed by atoms with van der Waals surface area (Å²) in [5.74, 6) is 0. The third-order valence-corrected chi connectivity index (χ3v) is 3.45. The van der Waals surface area contributed by atoms with Gasteiger partial charge in [-0.05, 0) is 35.2 Å². The first kappa shape index (κ1) is 12.1. The van der Waals surface area contributed by atoms with E-state index in [0.717, 1.165) is 36.0 Å². The van der Waals surface area contributed by atoms with Gasteiger partial charge in [-0.3, -0.25) is 4.68 Å². The van der Waals surface area contributed by atoms with Crippen molar-refractivity contribution < 1.29 is 9.47 Å². The van der Waals surface area contributed by atoms with Crippen molar-refractivity contribution in [2.75, 3.05) is 13.2 Å². The average Bonchev–Trinajstić information content (AvgIpc) is 2.62. The predicted octanol–water partition coefficient (Wildman–Crippen LogP) is 2.27. The van der Waals surface area contributed by atoms with Gasteiger partial charge in [0.25, 0.3) is 0 Å². The van der Waals surface area contributed by atoms with Gasteiger partial charge >= 0.3 is 0 Å². The minimum atomic E-state index is 0.000697. The fraction of sp³-hybridized carbons (Fsp3) is 0.727. The molecule has 1 atom stereocenters. The minimum absolute atomic E-state index is 0.000697. The molecule has 0 amide bonds. The Morgan fingerprint density at radius 3 is 3.12 bits per heavy atom. The highest BCUT2D eigenvalue weighted by atomic mass is 79.9. The number of aryl methyl sites for hydroxylation is 1. The maximum Gasteiger partial charge on any atom is 0.157 e. The average molecular weight is 289 g/mol. The molecule has 0 saturated carbocycles. The first-order valence-corrected chi connectivity index (χ1v) is 6.46. The number of halogens is 1. The van der Waals surface area contributed by atoms with Crippen LogP contribution < -0.4 is 0 Å². The van der Waals surface area contributed by atoms with Crippen LogP contribution in [0.15, 0.2) is 10.7 Å². The molecule has 0 radical (unpaired) electrons. The van der Waals surface area contributed by atoms with E-state index in [2.05, 4.69) is 21.0 Å². The maximum absolute atomic E-state index is 5.68. The Balaban J connectivity index is 1.75. The lowest BCUT2D eigenvalue weighted by atomic mass is 10.2. The van der Waals surface area contributed by atoms with Crippen LogP contribution in [-0.2, 0) is 22.9 Å². The van der Waals surface area contributed by atoms with E-state index in [9.17, 15) is 0 Å². The van der Waals surface area contributed by atoms with Crippen LogP contribution in [0.3, 0.4) is 0 Å². The third kappa shape index (κ3) is 3.06. The van der Waals surface area contributed by atoms with Crippen molar-refractivity contribution in [3.63, 3.8) is 0 Å². The van der Waals surface area contributed by atoms with Gasteiger partial charge in [0.15, 0.2) is 6.29 Å². The molecule has 0 aliphatic carbocycles. The van der Waals surface area contributed by atoms with E-state index in [1.807, 2.05) is 17.9 Å². The summed E-state index contributed by atoms with van der Waals surface area (Å²) in [5.41, 5.74) is 1.16. The molecule has 2 rings (SSSR count). The maximum atomic E-state index is 5.68. The molecule has 1 aliphatic heterocycles. The van der Waals surface area contributed by atoms with Crippen molar-refractivity contribution in [2.45, 2.75) is 32.0 Å². The Hall–Kier alpha value is -0.390. The first-order valence-electron chi connectivity index (χ1n) is 5.67. The second kappa shape index (κ2) is 5.80. The van der Waals surface area contributed by atoms with Gasteiger partial charge in [-0.15, -0.1) is 0 Å². The van der Waals surface area contributed by atoms with Gasteiger partial charge in [-0.1, -0.05) is 0 Å². The molecule has 1 aliphatic rings. The Bertz CT molecular complexity index is 315. The predicted molar refractivity (Wildman–Crippen MR) is 64.2 cm³/mol. The lowest BCUT2D eigenvalue weighted by Gasteiger charge is -2.22. The Morgan fingerprint density at radius 2 is 2.50 bits per heavy atom. The minimum Gasteiger partial charge on any atom is -0.353 e. The normalized spacial score (nSPS) is 21.2. The zero-order valence-electron chi connectivity index (χ0n) is 9.49. The molecule has 90 valence electrons. The van der Waals surface area contributed by atoms with E-state index in [0.29, 0.717) is 6.61 Å². The highest BCUT2D eigenvalue weighted by Gasteiger charge is 2.14. The van der Waals surface area contributed by atoms with Crippen LogP contribution in [0, 0.1) is 0 Å². The lowest BCUT2D eigenvalue weighted by Crippen LogP contribution is -2.23. The molecular formula is C11H17BrN2O2. The van der Waals surface area contributed by atoms with Gasteiger partial charge in [0.2, 0.25) is 0 Å². The number of rotatable bonds is 4. The first-order chi connectivity index (χ1) is 7.77. The van der Waals surface area contributed by atoms with Crippen molar-refractivity contribution in [3.8, 4) is 0 Å². The fourth-order valence-electron chi connectivity index (χ4n) is 1.85. The summed E-state index contributed by atoms with van der Waals surface area (Å²) < 4.78 is 14.1. The van der Waals surface area contributed by atoms with Crippen molar-refractivity contribution in [3.05, 3.63) is 16.4 Å². The zero-order chi connectivity index (χ0) is 11.4. The third-order valence-electron chi connectivity index (χ3n) is 2.79. The Labute approximate surface area is 104 Å². The molecule has 1 unspecified atom stereocenters. The van der Waals surface area contributed by atoms with E-state index in [1.54, 1.807) is 0 Å². The van der Waals surface area contributed by atoms with Gasteiger partial charge in [0.1, 0.15) is 0 Å². The summed E-state index contributed by atoms with van der Waals surface area (Å²) in [4.78, 5) is 0. The van der Waals surface area contributed by atoms with Crippen LogP contribution in [-0.4, -0.2) is 29.3 Å². The Kier molecular flexibility index (Phi) is 4.37. The van der Waals surface area contributed by atoms with Crippen LogP contribution in [0.25, 0.3) is 0 Å². The summed E-state index contributed by atoms with van der Waals surface area (Å²) in [7, 11) is 1.94. The van der Waals surface area contributed by atoms with Crippen molar-refractivity contribution >= 4 is 15.9 Å². The van der Waals surface area contributed by atoms with Gasteiger partial charge in [0, 0.05) is 20.1 Å². The van der Waals surface area contributed by atoms with Crippen LogP contribution in [0.5, 0.6) is 0 Å². The molecule has 16 heavy (non-hydrogen) atoms. The highest BCUT2D eigenvalue weighted by molar-refractivity contribution is 9.10. The number of hydrogen-bond acceptors (Lipinski definition) is 3. The summed E-state index contributed by atoms with van der Waals surface area (Å²) >= 11 is 3.47. The number of ether oxygens (including phenoxy) is 2. The van der Waals surface area contributed by atoms with E-state index < -0.39 is 0 Å².